The van der Waals surface area contributed by atoms with Crippen molar-refractivity contribution in [2.75, 3.05) is 19.6 Å². The second-order valence-electron chi connectivity index (χ2n) is 8.00. The fraction of sp³-hybridized carbons (Fsp3) is 0.941. The zero-order valence-electron chi connectivity index (χ0n) is 13.4. The minimum absolute atomic E-state index is 0.0946. The van der Waals surface area contributed by atoms with Crippen molar-refractivity contribution in [1.82, 2.24) is 4.90 Å². The van der Waals surface area contributed by atoms with Crippen LogP contribution >= 0.6 is 0 Å². The lowest BCUT2D eigenvalue weighted by Gasteiger charge is -2.39. The molecule has 1 saturated heterocycles. The summed E-state index contributed by atoms with van der Waals surface area (Å²) in [5.74, 6) is 1.03. The van der Waals surface area contributed by atoms with Crippen LogP contribution in [0, 0.1) is 23.2 Å². The van der Waals surface area contributed by atoms with Gasteiger partial charge in [0.15, 0.2) is 0 Å². The molecule has 1 aliphatic carbocycles. The summed E-state index contributed by atoms with van der Waals surface area (Å²) in [6.07, 6.45) is 7.15. The Bertz CT molecular complexity index is 318. The number of carboxylic acid groups (broad SMARTS) is 1. The Balaban J connectivity index is 1.70. The quantitative estimate of drug-likeness (QED) is 0.858. The lowest BCUT2D eigenvalue weighted by molar-refractivity contribution is -0.143. The third-order valence-electron chi connectivity index (χ3n) is 5.52. The number of hydrogen-bond acceptors (Lipinski definition) is 2. The van der Waals surface area contributed by atoms with Crippen molar-refractivity contribution in [2.45, 2.75) is 59.3 Å². The van der Waals surface area contributed by atoms with Crippen molar-refractivity contribution in [3.8, 4) is 0 Å². The molecule has 1 aliphatic heterocycles. The van der Waals surface area contributed by atoms with E-state index in [4.69, 9.17) is 5.11 Å². The van der Waals surface area contributed by atoms with E-state index in [1.54, 1.807) is 0 Å². The smallest absolute Gasteiger partial charge is 0.306 e. The highest BCUT2D eigenvalue weighted by atomic mass is 16.4. The Hall–Kier alpha value is -0.570. The minimum Gasteiger partial charge on any atom is -0.481 e. The molecule has 0 aromatic rings. The third kappa shape index (κ3) is 4.21. The molecular weight excluding hydrogens is 250 g/mol. The number of rotatable bonds is 3. The van der Waals surface area contributed by atoms with E-state index in [9.17, 15) is 4.79 Å². The Morgan fingerprint density at radius 3 is 2.05 bits per heavy atom. The normalized spacial score (nSPS) is 30.4. The number of carboxylic acids is 1. The molecule has 1 saturated carbocycles. The lowest BCUT2D eigenvalue weighted by atomic mass is 9.70. The number of nitrogens with zero attached hydrogens (tertiary/aromatic N) is 1. The minimum atomic E-state index is -0.602. The molecule has 116 valence electrons. The summed E-state index contributed by atoms with van der Waals surface area (Å²) < 4.78 is 0. The van der Waals surface area contributed by atoms with E-state index < -0.39 is 5.97 Å². The molecule has 3 heteroatoms. The standard InChI is InChI=1S/C17H31NO2/c1-17(2,3)15-6-4-13(5-7-15)12-18-10-8-14(9-11-18)16(19)20/h13-15H,4-12H2,1-3H3,(H,19,20). The topological polar surface area (TPSA) is 40.5 Å². The van der Waals surface area contributed by atoms with Crippen LogP contribution < -0.4 is 0 Å². The first kappa shape index (κ1) is 15.8. The van der Waals surface area contributed by atoms with Gasteiger partial charge in [-0.1, -0.05) is 20.8 Å². The largest absolute Gasteiger partial charge is 0.481 e. The van der Waals surface area contributed by atoms with Gasteiger partial charge in [-0.25, -0.2) is 0 Å². The number of carbonyl (C=O) groups is 1. The first-order valence-corrected chi connectivity index (χ1v) is 8.31. The van der Waals surface area contributed by atoms with Crippen molar-refractivity contribution in [3.05, 3.63) is 0 Å². The summed E-state index contributed by atoms with van der Waals surface area (Å²) in [7, 11) is 0. The second kappa shape index (κ2) is 6.46. The maximum absolute atomic E-state index is 11.0. The second-order valence-corrected chi connectivity index (χ2v) is 8.00. The Morgan fingerprint density at radius 2 is 1.60 bits per heavy atom. The molecule has 0 aromatic heterocycles. The average molecular weight is 281 g/mol. The van der Waals surface area contributed by atoms with Crippen molar-refractivity contribution >= 4 is 5.97 Å². The van der Waals surface area contributed by atoms with Crippen molar-refractivity contribution in [1.29, 1.82) is 0 Å². The Labute approximate surface area is 123 Å². The number of likely N-dealkylation sites (tertiary alicyclic amines) is 1. The molecule has 2 fully saturated rings. The van der Waals surface area contributed by atoms with Crippen molar-refractivity contribution < 1.29 is 9.90 Å². The molecule has 0 unspecified atom stereocenters. The van der Waals surface area contributed by atoms with Gasteiger partial charge in [-0.3, -0.25) is 4.79 Å². The van der Waals surface area contributed by atoms with Gasteiger partial charge in [0, 0.05) is 6.54 Å². The zero-order valence-corrected chi connectivity index (χ0v) is 13.4. The lowest BCUT2D eigenvalue weighted by Crippen LogP contribution is -2.40. The molecule has 1 N–H and O–H groups in total. The van der Waals surface area contributed by atoms with E-state index in [0.717, 1.165) is 37.8 Å². The number of piperidine rings is 1. The molecule has 0 bridgehead atoms. The molecule has 0 radical (unpaired) electrons. The van der Waals surface area contributed by atoms with Crippen LogP contribution in [0.3, 0.4) is 0 Å². The molecule has 0 atom stereocenters. The highest BCUT2D eigenvalue weighted by Gasteiger charge is 2.31. The molecule has 1 heterocycles. The van der Waals surface area contributed by atoms with E-state index in [2.05, 4.69) is 25.7 Å². The van der Waals surface area contributed by atoms with Crippen LogP contribution in [0.1, 0.15) is 59.3 Å². The van der Waals surface area contributed by atoms with Crippen LogP contribution in [0.2, 0.25) is 0 Å². The van der Waals surface area contributed by atoms with Gasteiger partial charge in [-0.05, 0) is 68.9 Å². The van der Waals surface area contributed by atoms with Gasteiger partial charge in [0.1, 0.15) is 0 Å². The molecular formula is C17H31NO2. The van der Waals surface area contributed by atoms with Gasteiger partial charge >= 0.3 is 5.97 Å². The van der Waals surface area contributed by atoms with Crippen LogP contribution in [0.4, 0.5) is 0 Å². The molecule has 0 aromatic carbocycles. The summed E-state index contributed by atoms with van der Waals surface area (Å²) in [5, 5.41) is 9.03. The van der Waals surface area contributed by atoms with Gasteiger partial charge < -0.3 is 10.0 Å². The first-order valence-electron chi connectivity index (χ1n) is 8.31. The summed E-state index contributed by atoms with van der Waals surface area (Å²) in [6, 6.07) is 0. The maximum Gasteiger partial charge on any atom is 0.306 e. The highest BCUT2D eigenvalue weighted by Crippen LogP contribution is 2.40. The van der Waals surface area contributed by atoms with Gasteiger partial charge in [-0.2, -0.15) is 0 Å². The van der Waals surface area contributed by atoms with E-state index in [1.165, 1.54) is 32.2 Å². The van der Waals surface area contributed by atoms with E-state index in [0.29, 0.717) is 5.41 Å². The molecule has 0 amide bonds. The molecule has 2 rings (SSSR count). The van der Waals surface area contributed by atoms with Gasteiger partial charge in [0.25, 0.3) is 0 Å². The predicted molar refractivity (Wildman–Crippen MR) is 81.7 cm³/mol. The zero-order chi connectivity index (χ0) is 14.8. The summed E-state index contributed by atoms with van der Waals surface area (Å²) in [4.78, 5) is 13.5. The van der Waals surface area contributed by atoms with E-state index in [1.807, 2.05) is 0 Å². The molecule has 2 aliphatic rings. The van der Waals surface area contributed by atoms with Crippen LogP contribution in [0.15, 0.2) is 0 Å². The van der Waals surface area contributed by atoms with Crippen molar-refractivity contribution in [2.24, 2.45) is 23.2 Å². The summed E-state index contributed by atoms with van der Waals surface area (Å²) in [6.45, 7) is 10.3. The molecule has 0 spiro atoms. The van der Waals surface area contributed by atoms with Crippen molar-refractivity contribution in [3.63, 3.8) is 0 Å². The Kier molecular flexibility index (Phi) is 5.11. The van der Waals surface area contributed by atoms with Gasteiger partial charge in [0.05, 0.1) is 5.92 Å². The van der Waals surface area contributed by atoms with E-state index in [-0.39, 0.29) is 5.92 Å². The third-order valence-corrected chi connectivity index (χ3v) is 5.52. The SMILES string of the molecule is CC(C)(C)C1CCC(CN2CCC(C(=O)O)CC2)CC1. The van der Waals surface area contributed by atoms with Gasteiger partial charge in [-0.15, -0.1) is 0 Å². The fourth-order valence-corrected chi connectivity index (χ4v) is 3.94. The average Bonchev–Trinajstić information content (AvgIpc) is 2.39. The fourth-order valence-electron chi connectivity index (χ4n) is 3.94. The van der Waals surface area contributed by atoms with Crippen LogP contribution in [0.5, 0.6) is 0 Å². The highest BCUT2D eigenvalue weighted by molar-refractivity contribution is 5.70. The monoisotopic (exact) mass is 281 g/mol. The van der Waals surface area contributed by atoms with Crippen LogP contribution in [-0.4, -0.2) is 35.6 Å². The summed E-state index contributed by atoms with van der Waals surface area (Å²) in [5.41, 5.74) is 0.463. The summed E-state index contributed by atoms with van der Waals surface area (Å²) >= 11 is 0. The van der Waals surface area contributed by atoms with Crippen LogP contribution in [-0.2, 0) is 4.79 Å². The Morgan fingerprint density at radius 1 is 1.05 bits per heavy atom. The predicted octanol–water partition coefficient (Wildman–Crippen LogP) is 3.64. The first-order chi connectivity index (χ1) is 9.36. The maximum atomic E-state index is 11.0. The number of hydrogen-bond donors (Lipinski definition) is 1. The number of aliphatic carboxylic acids is 1. The van der Waals surface area contributed by atoms with Crippen LogP contribution in [0.25, 0.3) is 0 Å². The molecule has 3 nitrogen and oxygen atoms in total. The van der Waals surface area contributed by atoms with Gasteiger partial charge in [0.2, 0.25) is 0 Å². The van der Waals surface area contributed by atoms with E-state index >= 15 is 0 Å². The molecule has 20 heavy (non-hydrogen) atoms.